The van der Waals surface area contributed by atoms with E-state index in [2.05, 4.69) is 6.07 Å². The Hall–Kier alpha value is -2.64. The number of nitrogens with zero attached hydrogens (tertiary/aromatic N) is 2. The van der Waals surface area contributed by atoms with Crippen molar-refractivity contribution in [1.29, 1.82) is 5.26 Å². The van der Waals surface area contributed by atoms with Gasteiger partial charge in [0.25, 0.3) is 5.91 Å². The molecule has 1 aliphatic rings. The van der Waals surface area contributed by atoms with Crippen molar-refractivity contribution in [3.05, 3.63) is 71.3 Å². The summed E-state index contributed by atoms with van der Waals surface area (Å²) in [7, 11) is 0. The lowest BCUT2D eigenvalue weighted by atomic mass is 10.0. The molecular weight excluding hydrogens is 288 g/mol. The van der Waals surface area contributed by atoms with Crippen molar-refractivity contribution >= 4 is 5.91 Å². The molecule has 1 heterocycles. The van der Waals surface area contributed by atoms with E-state index in [0.717, 1.165) is 5.56 Å². The van der Waals surface area contributed by atoms with Gasteiger partial charge in [-0.25, -0.2) is 0 Å². The Morgan fingerprint density at radius 3 is 2.74 bits per heavy atom. The van der Waals surface area contributed by atoms with E-state index >= 15 is 0 Å². The van der Waals surface area contributed by atoms with Gasteiger partial charge in [-0.15, -0.1) is 0 Å². The Kier molecular flexibility index (Phi) is 4.40. The van der Waals surface area contributed by atoms with Crippen LogP contribution in [0.25, 0.3) is 0 Å². The normalized spacial score (nSPS) is 20.8. The van der Waals surface area contributed by atoms with Crippen molar-refractivity contribution in [2.45, 2.75) is 19.1 Å². The van der Waals surface area contributed by atoms with Crippen molar-refractivity contribution in [3.8, 4) is 6.07 Å². The van der Waals surface area contributed by atoms with Gasteiger partial charge in [-0.3, -0.25) is 4.79 Å². The molecule has 23 heavy (non-hydrogen) atoms. The number of amides is 1. The Balaban J connectivity index is 1.82. The number of benzene rings is 2. The van der Waals surface area contributed by atoms with Crippen molar-refractivity contribution in [1.82, 2.24) is 4.90 Å². The molecule has 1 saturated heterocycles. The van der Waals surface area contributed by atoms with Crippen LogP contribution in [0.5, 0.6) is 0 Å². The molecule has 0 radical (unpaired) electrons. The summed E-state index contributed by atoms with van der Waals surface area (Å²) in [6, 6.07) is 18.9. The molecule has 0 aromatic heterocycles. The number of hydrogen-bond donors (Lipinski definition) is 0. The molecule has 0 saturated carbocycles. The molecule has 0 spiro atoms. The first-order chi connectivity index (χ1) is 11.2. The number of carbonyl (C=O) groups excluding carboxylic acids is 1. The molecule has 1 fully saturated rings. The average molecular weight is 306 g/mol. The van der Waals surface area contributed by atoms with E-state index in [1.165, 1.54) is 0 Å². The molecule has 1 aliphatic heterocycles. The van der Waals surface area contributed by atoms with E-state index in [1.807, 2.05) is 42.2 Å². The Morgan fingerprint density at radius 1 is 1.22 bits per heavy atom. The maximum atomic E-state index is 12.8. The molecule has 4 nitrogen and oxygen atoms in total. The number of nitriles is 1. The van der Waals surface area contributed by atoms with Crippen LogP contribution in [-0.4, -0.2) is 30.0 Å². The molecule has 0 bridgehead atoms. The van der Waals surface area contributed by atoms with Crippen LogP contribution in [0.4, 0.5) is 0 Å². The van der Waals surface area contributed by atoms with Crippen LogP contribution in [-0.2, 0) is 4.74 Å². The predicted octanol–water partition coefficient (Wildman–Crippen LogP) is 3.16. The summed E-state index contributed by atoms with van der Waals surface area (Å²) >= 11 is 0. The minimum absolute atomic E-state index is 0.00760. The smallest absolute Gasteiger partial charge is 0.254 e. The zero-order valence-electron chi connectivity index (χ0n) is 13.0. The number of carbonyl (C=O) groups is 1. The molecule has 0 N–H and O–H groups in total. The summed E-state index contributed by atoms with van der Waals surface area (Å²) in [5, 5.41) is 9.00. The third-order valence-corrected chi connectivity index (χ3v) is 4.10. The first kappa shape index (κ1) is 15.3. The summed E-state index contributed by atoms with van der Waals surface area (Å²) < 4.78 is 5.89. The van der Waals surface area contributed by atoms with Gasteiger partial charge >= 0.3 is 0 Å². The van der Waals surface area contributed by atoms with Crippen LogP contribution in [0, 0.1) is 11.3 Å². The molecule has 0 aliphatic carbocycles. The van der Waals surface area contributed by atoms with Crippen LogP contribution < -0.4 is 0 Å². The number of rotatable bonds is 2. The SMILES string of the molecule is CC1COC(c2ccccc2)CN1C(=O)c1cccc(C#N)c1. The van der Waals surface area contributed by atoms with Gasteiger partial charge in [-0.2, -0.15) is 5.26 Å². The van der Waals surface area contributed by atoms with Gasteiger partial charge in [0.1, 0.15) is 6.10 Å². The standard InChI is InChI=1S/C19H18N2O2/c1-14-13-23-18(16-7-3-2-4-8-16)12-21(14)19(22)17-9-5-6-15(10-17)11-20/h2-10,14,18H,12-13H2,1H3. The topological polar surface area (TPSA) is 53.3 Å². The summed E-state index contributed by atoms with van der Waals surface area (Å²) in [6.45, 7) is 3.00. The van der Waals surface area contributed by atoms with E-state index in [0.29, 0.717) is 24.3 Å². The largest absolute Gasteiger partial charge is 0.370 e. The zero-order valence-corrected chi connectivity index (χ0v) is 13.0. The van der Waals surface area contributed by atoms with Crippen molar-refractivity contribution < 1.29 is 9.53 Å². The molecular formula is C19H18N2O2. The van der Waals surface area contributed by atoms with Gasteiger partial charge < -0.3 is 9.64 Å². The number of hydrogen-bond acceptors (Lipinski definition) is 3. The van der Waals surface area contributed by atoms with Gasteiger partial charge in [0.15, 0.2) is 0 Å². The maximum absolute atomic E-state index is 12.8. The quantitative estimate of drug-likeness (QED) is 0.856. The highest BCUT2D eigenvalue weighted by Crippen LogP contribution is 2.26. The van der Waals surface area contributed by atoms with E-state index in [4.69, 9.17) is 10.00 Å². The lowest BCUT2D eigenvalue weighted by molar-refractivity contribution is -0.0486. The van der Waals surface area contributed by atoms with Gasteiger partial charge in [-0.1, -0.05) is 36.4 Å². The Bertz CT molecular complexity index is 737. The lowest BCUT2D eigenvalue weighted by Crippen LogP contribution is -2.48. The molecule has 2 aromatic rings. The molecule has 3 rings (SSSR count). The summed E-state index contributed by atoms with van der Waals surface area (Å²) in [4.78, 5) is 14.6. The fourth-order valence-corrected chi connectivity index (χ4v) is 2.80. The summed E-state index contributed by atoms with van der Waals surface area (Å²) in [6.07, 6.45) is -0.115. The first-order valence-corrected chi connectivity index (χ1v) is 7.66. The lowest BCUT2D eigenvalue weighted by Gasteiger charge is -2.38. The van der Waals surface area contributed by atoms with Gasteiger partial charge in [0.05, 0.1) is 30.8 Å². The number of ether oxygens (including phenoxy) is 1. The second-order valence-corrected chi connectivity index (χ2v) is 5.73. The average Bonchev–Trinajstić information content (AvgIpc) is 2.62. The highest BCUT2D eigenvalue weighted by Gasteiger charge is 2.31. The zero-order chi connectivity index (χ0) is 16.2. The second kappa shape index (κ2) is 6.64. The maximum Gasteiger partial charge on any atom is 0.254 e. The minimum atomic E-state index is -0.115. The fourth-order valence-electron chi connectivity index (χ4n) is 2.80. The first-order valence-electron chi connectivity index (χ1n) is 7.66. The van der Waals surface area contributed by atoms with E-state index in [9.17, 15) is 4.79 Å². The minimum Gasteiger partial charge on any atom is -0.370 e. The molecule has 2 aromatic carbocycles. The molecule has 116 valence electrons. The third kappa shape index (κ3) is 3.25. The molecule has 1 amide bonds. The predicted molar refractivity (Wildman–Crippen MR) is 86.8 cm³/mol. The highest BCUT2D eigenvalue weighted by molar-refractivity contribution is 5.94. The van der Waals surface area contributed by atoms with Gasteiger partial charge in [-0.05, 0) is 30.7 Å². The molecule has 4 heteroatoms. The number of morpholine rings is 1. The molecule has 2 unspecified atom stereocenters. The third-order valence-electron chi connectivity index (χ3n) is 4.10. The van der Waals surface area contributed by atoms with Crippen LogP contribution in [0.1, 0.15) is 34.5 Å². The molecule has 2 atom stereocenters. The monoisotopic (exact) mass is 306 g/mol. The summed E-state index contributed by atoms with van der Waals surface area (Å²) in [5.41, 5.74) is 2.11. The van der Waals surface area contributed by atoms with Crippen molar-refractivity contribution in [3.63, 3.8) is 0 Å². The Labute approximate surface area is 135 Å². The van der Waals surface area contributed by atoms with Gasteiger partial charge in [0, 0.05) is 5.56 Å². The van der Waals surface area contributed by atoms with Crippen molar-refractivity contribution in [2.24, 2.45) is 0 Å². The van der Waals surface area contributed by atoms with E-state index in [-0.39, 0.29) is 18.1 Å². The van der Waals surface area contributed by atoms with E-state index in [1.54, 1.807) is 24.3 Å². The van der Waals surface area contributed by atoms with Crippen molar-refractivity contribution in [2.75, 3.05) is 13.2 Å². The van der Waals surface area contributed by atoms with Crippen LogP contribution in [0.2, 0.25) is 0 Å². The summed E-state index contributed by atoms with van der Waals surface area (Å²) in [5.74, 6) is -0.0566. The van der Waals surface area contributed by atoms with Crippen LogP contribution in [0.3, 0.4) is 0 Å². The fraction of sp³-hybridized carbons (Fsp3) is 0.263. The van der Waals surface area contributed by atoms with Crippen LogP contribution in [0.15, 0.2) is 54.6 Å². The Morgan fingerprint density at radius 2 is 2.00 bits per heavy atom. The van der Waals surface area contributed by atoms with E-state index < -0.39 is 0 Å². The van der Waals surface area contributed by atoms with Crippen LogP contribution >= 0.6 is 0 Å². The second-order valence-electron chi connectivity index (χ2n) is 5.73. The van der Waals surface area contributed by atoms with Gasteiger partial charge in [0.2, 0.25) is 0 Å². The highest BCUT2D eigenvalue weighted by atomic mass is 16.5.